The average Bonchev–Trinajstić information content (AvgIpc) is 2.23. The van der Waals surface area contributed by atoms with Crippen LogP contribution in [0.15, 0.2) is 18.2 Å². The number of hydrogen-bond donors (Lipinski definition) is 0. The topological polar surface area (TPSA) is 27.0 Å². The molecular formula is C14H18N2. The van der Waals surface area contributed by atoms with E-state index in [0.717, 1.165) is 18.0 Å². The van der Waals surface area contributed by atoms with Gasteiger partial charge in [0, 0.05) is 19.3 Å². The van der Waals surface area contributed by atoms with E-state index < -0.39 is 0 Å². The Bertz CT molecular complexity index is 413. The van der Waals surface area contributed by atoms with Crippen molar-refractivity contribution in [2.24, 2.45) is 5.92 Å². The molecule has 84 valence electrons. The molecule has 1 saturated carbocycles. The molecule has 2 nitrogen and oxygen atoms in total. The van der Waals surface area contributed by atoms with Crippen molar-refractivity contribution in [3.8, 4) is 6.07 Å². The van der Waals surface area contributed by atoms with E-state index in [1.807, 2.05) is 12.1 Å². The third-order valence-corrected chi connectivity index (χ3v) is 3.49. The van der Waals surface area contributed by atoms with Crippen LogP contribution in [0.4, 0.5) is 5.69 Å². The van der Waals surface area contributed by atoms with Gasteiger partial charge in [-0.1, -0.05) is 6.42 Å². The maximum absolute atomic E-state index is 8.82. The van der Waals surface area contributed by atoms with E-state index in [4.69, 9.17) is 5.26 Å². The van der Waals surface area contributed by atoms with Crippen molar-refractivity contribution in [1.29, 1.82) is 5.26 Å². The van der Waals surface area contributed by atoms with Gasteiger partial charge in [-0.15, -0.1) is 0 Å². The number of anilines is 1. The van der Waals surface area contributed by atoms with Crippen molar-refractivity contribution in [3.05, 3.63) is 29.3 Å². The molecule has 0 atom stereocenters. The fourth-order valence-electron chi connectivity index (χ4n) is 2.31. The maximum atomic E-state index is 8.82. The Morgan fingerprint density at radius 3 is 2.69 bits per heavy atom. The Labute approximate surface area is 97.5 Å². The lowest BCUT2D eigenvalue weighted by molar-refractivity contribution is 0.321. The van der Waals surface area contributed by atoms with Crippen LogP contribution < -0.4 is 4.90 Å². The molecule has 1 fully saturated rings. The van der Waals surface area contributed by atoms with Crippen LogP contribution in [0.5, 0.6) is 0 Å². The molecule has 0 bridgehead atoms. The summed E-state index contributed by atoms with van der Waals surface area (Å²) in [6.45, 7) is 3.22. The molecule has 0 N–H and O–H groups in total. The lowest BCUT2D eigenvalue weighted by atomic mass is 9.85. The molecule has 2 rings (SSSR count). The van der Waals surface area contributed by atoms with E-state index in [1.165, 1.54) is 30.5 Å². The predicted molar refractivity (Wildman–Crippen MR) is 66.5 cm³/mol. The second-order valence-electron chi connectivity index (χ2n) is 4.79. The minimum absolute atomic E-state index is 0.748. The molecule has 1 aliphatic rings. The summed E-state index contributed by atoms with van der Waals surface area (Å²) in [6.07, 6.45) is 4.14. The smallest absolute Gasteiger partial charge is 0.0991 e. The number of benzene rings is 1. The fraction of sp³-hybridized carbons (Fsp3) is 0.500. The summed E-state index contributed by atoms with van der Waals surface area (Å²) in [5.41, 5.74) is 3.20. The lowest BCUT2D eigenvalue weighted by Gasteiger charge is -2.32. The first-order valence-electron chi connectivity index (χ1n) is 5.92. The molecule has 0 aliphatic heterocycles. The van der Waals surface area contributed by atoms with Crippen LogP contribution in [-0.4, -0.2) is 13.6 Å². The standard InChI is InChI=1S/C14H18N2/c1-11-8-13(9-15)6-7-14(11)16(2)10-12-4-3-5-12/h6-8,12H,3-5,10H2,1-2H3. The summed E-state index contributed by atoms with van der Waals surface area (Å²) in [5.74, 6) is 0.875. The monoisotopic (exact) mass is 214 g/mol. The summed E-state index contributed by atoms with van der Waals surface area (Å²) in [6, 6.07) is 8.11. The molecule has 1 aromatic carbocycles. The van der Waals surface area contributed by atoms with Crippen LogP contribution in [0.3, 0.4) is 0 Å². The first-order chi connectivity index (χ1) is 7.70. The highest BCUT2D eigenvalue weighted by Crippen LogP contribution is 2.29. The van der Waals surface area contributed by atoms with Crippen molar-refractivity contribution in [2.45, 2.75) is 26.2 Å². The van der Waals surface area contributed by atoms with Crippen molar-refractivity contribution in [3.63, 3.8) is 0 Å². The van der Waals surface area contributed by atoms with Crippen LogP contribution in [0.2, 0.25) is 0 Å². The Hall–Kier alpha value is -1.49. The van der Waals surface area contributed by atoms with Crippen LogP contribution in [-0.2, 0) is 0 Å². The largest absolute Gasteiger partial charge is 0.374 e. The highest BCUT2D eigenvalue weighted by molar-refractivity contribution is 5.55. The van der Waals surface area contributed by atoms with Crippen molar-refractivity contribution >= 4 is 5.69 Å². The highest BCUT2D eigenvalue weighted by Gasteiger charge is 2.19. The summed E-state index contributed by atoms with van der Waals surface area (Å²) >= 11 is 0. The van der Waals surface area contributed by atoms with Crippen LogP contribution in [0.25, 0.3) is 0 Å². The van der Waals surface area contributed by atoms with Gasteiger partial charge >= 0.3 is 0 Å². The van der Waals surface area contributed by atoms with Crippen LogP contribution >= 0.6 is 0 Å². The molecule has 1 aromatic rings. The van der Waals surface area contributed by atoms with Crippen LogP contribution in [0.1, 0.15) is 30.4 Å². The van der Waals surface area contributed by atoms with Gasteiger partial charge in [-0.3, -0.25) is 0 Å². The first kappa shape index (κ1) is 11.0. The summed E-state index contributed by atoms with van der Waals surface area (Å²) < 4.78 is 0. The lowest BCUT2D eigenvalue weighted by Crippen LogP contribution is -2.29. The second-order valence-corrected chi connectivity index (χ2v) is 4.79. The summed E-state index contributed by atoms with van der Waals surface area (Å²) in [7, 11) is 2.15. The number of rotatable bonds is 3. The molecule has 0 heterocycles. The zero-order valence-electron chi connectivity index (χ0n) is 10.0. The Morgan fingerprint density at radius 2 is 2.19 bits per heavy atom. The third-order valence-electron chi connectivity index (χ3n) is 3.49. The zero-order valence-corrected chi connectivity index (χ0v) is 10.0. The molecular weight excluding hydrogens is 196 g/mol. The molecule has 0 saturated heterocycles. The van der Waals surface area contributed by atoms with Gasteiger partial charge in [-0.2, -0.15) is 5.26 Å². The maximum Gasteiger partial charge on any atom is 0.0991 e. The highest BCUT2D eigenvalue weighted by atomic mass is 15.1. The normalized spacial score (nSPS) is 15.3. The molecule has 0 unspecified atom stereocenters. The van der Waals surface area contributed by atoms with Crippen molar-refractivity contribution in [2.75, 3.05) is 18.5 Å². The molecule has 0 aromatic heterocycles. The van der Waals surface area contributed by atoms with Gasteiger partial charge in [0.25, 0.3) is 0 Å². The quantitative estimate of drug-likeness (QED) is 0.773. The Kier molecular flexibility index (Phi) is 3.14. The molecule has 1 aliphatic carbocycles. The summed E-state index contributed by atoms with van der Waals surface area (Å²) in [5, 5.41) is 8.82. The third kappa shape index (κ3) is 2.19. The molecule has 0 amide bonds. The van der Waals surface area contributed by atoms with Crippen molar-refractivity contribution in [1.82, 2.24) is 0 Å². The summed E-state index contributed by atoms with van der Waals surface area (Å²) in [4.78, 5) is 2.32. The SMILES string of the molecule is Cc1cc(C#N)ccc1N(C)CC1CCC1. The Balaban J connectivity index is 2.10. The Morgan fingerprint density at radius 1 is 1.44 bits per heavy atom. The van der Waals surface area contributed by atoms with E-state index in [-0.39, 0.29) is 0 Å². The van der Waals surface area contributed by atoms with E-state index in [2.05, 4.69) is 31.0 Å². The first-order valence-corrected chi connectivity index (χ1v) is 5.92. The van der Waals surface area contributed by atoms with Gasteiger partial charge in [-0.05, 0) is 49.4 Å². The van der Waals surface area contributed by atoms with Gasteiger partial charge in [0.1, 0.15) is 0 Å². The number of hydrogen-bond acceptors (Lipinski definition) is 2. The second kappa shape index (κ2) is 4.57. The fourth-order valence-corrected chi connectivity index (χ4v) is 2.31. The van der Waals surface area contributed by atoms with E-state index in [1.54, 1.807) is 0 Å². The van der Waals surface area contributed by atoms with Gasteiger partial charge in [-0.25, -0.2) is 0 Å². The van der Waals surface area contributed by atoms with Gasteiger partial charge in [0.05, 0.1) is 11.6 Å². The number of nitrogens with zero attached hydrogens (tertiary/aromatic N) is 2. The average molecular weight is 214 g/mol. The number of aryl methyl sites for hydroxylation is 1. The molecule has 2 heteroatoms. The molecule has 16 heavy (non-hydrogen) atoms. The van der Waals surface area contributed by atoms with Gasteiger partial charge < -0.3 is 4.90 Å². The zero-order chi connectivity index (χ0) is 11.5. The van der Waals surface area contributed by atoms with Gasteiger partial charge in [0.2, 0.25) is 0 Å². The number of nitriles is 1. The van der Waals surface area contributed by atoms with Crippen LogP contribution in [0, 0.1) is 24.2 Å². The van der Waals surface area contributed by atoms with E-state index >= 15 is 0 Å². The predicted octanol–water partition coefficient (Wildman–Crippen LogP) is 3.10. The van der Waals surface area contributed by atoms with E-state index in [9.17, 15) is 0 Å². The molecule has 0 spiro atoms. The van der Waals surface area contributed by atoms with Crippen molar-refractivity contribution < 1.29 is 0 Å². The van der Waals surface area contributed by atoms with Gasteiger partial charge in [0.15, 0.2) is 0 Å². The van der Waals surface area contributed by atoms with E-state index in [0.29, 0.717) is 0 Å². The minimum Gasteiger partial charge on any atom is -0.374 e. The minimum atomic E-state index is 0.748. The molecule has 0 radical (unpaired) electrons.